The average molecular weight is 213 g/mol. The van der Waals surface area contributed by atoms with Crippen LogP contribution in [0, 0.1) is 0 Å². The van der Waals surface area contributed by atoms with Crippen LogP contribution in [0.15, 0.2) is 36.7 Å². The third-order valence-corrected chi connectivity index (χ3v) is 2.54. The van der Waals surface area contributed by atoms with Gasteiger partial charge >= 0.3 is 0 Å². The highest BCUT2D eigenvalue weighted by Crippen LogP contribution is 2.19. The second kappa shape index (κ2) is 4.31. The lowest BCUT2D eigenvalue weighted by molar-refractivity contribution is 0.859. The lowest BCUT2D eigenvalue weighted by atomic mass is 10.0. The molecular formula is C13H15N3. The highest BCUT2D eigenvalue weighted by atomic mass is 14.8. The maximum Gasteiger partial charge on any atom is 0.123 e. The molecule has 0 saturated heterocycles. The van der Waals surface area contributed by atoms with Gasteiger partial charge in [0, 0.05) is 18.0 Å². The Labute approximate surface area is 95.4 Å². The largest absolute Gasteiger partial charge is 0.384 e. The molecule has 0 aliphatic rings. The molecular weight excluding hydrogens is 198 g/mol. The van der Waals surface area contributed by atoms with Crippen LogP contribution in [0.3, 0.4) is 0 Å². The molecule has 0 unspecified atom stereocenters. The first-order chi connectivity index (χ1) is 7.66. The third-order valence-electron chi connectivity index (χ3n) is 2.54. The summed E-state index contributed by atoms with van der Waals surface area (Å²) in [7, 11) is 0. The van der Waals surface area contributed by atoms with E-state index in [0.29, 0.717) is 11.7 Å². The van der Waals surface area contributed by atoms with E-state index in [4.69, 9.17) is 5.73 Å². The molecule has 3 nitrogen and oxygen atoms in total. The van der Waals surface area contributed by atoms with Crippen LogP contribution in [-0.4, -0.2) is 9.97 Å². The summed E-state index contributed by atoms with van der Waals surface area (Å²) in [5.41, 5.74) is 8.70. The maximum absolute atomic E-state index is 5.54. The Kier molecular flexibility index (Phi) is 2.86. The van der Waals surface area contributed by atoms with E-state index in [2.05, 4.69) is 29.9 Å². The predicted octanol–water partition coefficient (Wildman–Crippen LogP) is 2.85. The molecule has 2 rings (SSSR count). The second-order valence-corrected chi connectivity index (χ2v) is 4.10. The van der Waals surface area contributed by atoms with E-state index in [9.17, 15) is 0 Å². The number of hydrogen-bond acceptors (Lipinski definition) is 3. The third kappa shape index (κ3) is 2.19. The van der Waals surface area contributed by atoms with Crippen LogP contribution in [0.4, 0.5) is 5.82 Å². The minimum absolute atomic E-state index is 0.506. The van der Waals surface area contributed by atoms with Crippen LogP contribution in [0.25, 0.3) is 11.3 Å². The summed E-state index contributed by atoms with van der Waals surface area (Å²) in [5, 5.41) is 0. The van der Waals surface area contributed by atoms with Gasteiger partial charge in [0.2, 0.25) is 0 Å². The number of rotatable bonds is 2. The molecule has 0 spiro atoms. The highest BCUT2D eigenvalue weighted by molar-refractivity contribution is 5.59. The van der Waals surface area contributed by atoms with Crippen molar-refractivity contribution in [1.82, 2.24) is 9.97 Å². The van der Waals surface area contributed by atoms with Crippen molar-refractivity contribution in [1.29, 1.82) is 0 Å². The Morgan fingerprint density at radius 1 is 1.00 bits per heavy atom. The van der Waals surface area contributed by atoms with Gasteiger partial charge in [-0.15, -0.1) is 0 Å². The molecule has 0 aromatic carbocycles. The fraction of sp³-hybridized carbons (Fsp3) is 0.231. The van der Waals surface area contributed by atoms with E-state index in [1.54, 1.807) is 12.3 Å². The van der Waals surface area contributed by atoms with Gasteiger partial charge in [-0.2, -0.15) is 0 Å². The monoisotopic (exact) mass is 213 g/mol. The lowest BCUT2D eigenvalue weighted by Crippen LogP contribution is -1.92. The van der Waals surface area contributed by atoms with Crippen molar-refractivity contribution in [2.75, 3.05) is 5.73 Å². The van der Waals surface area contributed by atoms with Crippen molar-refractivity contribution >= 4 is 5.82 Å². The van der Waals surface area contributed by atoms with Crippen molar-refractivity contribution in [2.24, 2.45) is 0 Å². The van der Waals surface area contributed by atoms with E-state index < -0.39 is 0 Å². The summed E-state index contributed by atoms with van der Waals surface area (Å²) in [4.78, 5) is 8.47. The fourth-order valence-electron chi connectivity index (χ4n) is 1.47. The Hall–Kier alpha value is -1.90. The molecule has 2 heterocycles. The highest BCUT2D eigenvalue weighted by Gasteiger charge is 2.02. The van der Waals surface area contributed by atoms with Gasteiger partial charge in [0.15, 0.2) is 0 Å². The van der Waals surface area contributed by atoms with Crippen LogP contribution in [0.1, 0.15) is 25.3 Å². The molecule has 2 aromatic heterocycles. The first-order valence-electron chi connectivity index (χ1n) is 5.34. The Balaban J connectivity index is 2.31. The molecule has 0 fully saturated rings. The number of nitrogens with zero attached hydrogens (tertiary/aromatic N) is 2. The number of nitrogens with two attached hydrogens (primary N) is 1. The Morgan fingerprint density at radius 3 is 2.31 bits per heavy atom. The quantitative estimate of drug-likeness (QED) is 0.834. The molecule has 2 N–H and O–H groups in total. The molecule has 0 aliphatic heterocycles. The van der Waals surface area contributed by atoms with E-state index in [1.807, 2.05) is 18.3 Å². The summed E-state index contributed by atoms with van der Waals surface area (Å²) >= 11 is 0. The zero-order valence-corrected chi connectivity index (χ0v) is 9.51. The molecule has 0 aliphatic carbocycles. The number of nitrogen functional groups attached to an aromatic ring is 1. The standard InChI is InChI=1S/C13H15N3/c1-9(2)10-3-5-12(15-7-10)11-4-6-13(14)16-8-11/h3-9H,1-2H3,(H2,14,16). The van der Waals surface area contributed by atoms with Crippen LogP contribution in [0.5, 0.6) is 0 Å². The van der Waals surface area contributed by atoms with Gasteiger partial charge in [-0.05, 0) is 29.7 Å². The summed E-state index contributed by atoms with van der Waals surface area (Å²) in [6.07, 6.45) is 3.66. The molecule has 2 aromatic rings. The van der Waals surface area contributed by atoms with Gasteiger partial charge in [-0.25, -0.2) is 4.98 Å². The normalized spacial score (nSPS) is 10.7. The molecule has 0 radical (unpaired) electrons. The predicted molar refractivity (Wildman–Crippen MR) is 66.0 cm³/mol. The fourth-order valence-corrected chi connectivity index (χ4v) is 1.47. The van der Waals surface area contributed by atoms with Crippen molar-refractivity contribution in [3.8, 4) is 11.3 Å². The van der Waals surface area contributed by atoms with Gasteiger partial charge in [0.05, 0.1) is 5.69 Å². The van der Waals surface area contributed by atoms with Crippen LogP contribution in [0.2, 0.25) is 0 Å². The zero-order chi connectivity index (χ0) is 11.5. The minimum Gasteiger partial charge on any atom is -0.384 e. The van der Waals surface area contributed by atoms with E-state index in [1.165, 1.54) is 5.56 Å². The number of anilines is 1. The first-order valence-corrected chi connectivity index (χ1v) is 5.34. The molecule has 0 atom stereocenters. The van der Waals surface area contributed by atoms with Gasteiger partial charge in [0.1, 0.15) is 5.82 Å². The van der Waals surface area contributed by atoms with Gasteiger partial charge in [-0.3, -0.25) is 4.98 Å². The van der Waals surface area contributed by atoms with Crippen molar-refractivity contribution in [2.45, 2.75) is 19.8 Å². The van der Waals surface area contributed by atoms with Crippen LogP contribution < -0.4 is 5.73 Å². The van der Waals surface area contributed by atoms with Crippen molar-refractivity contribution in [3.63, 3.8) is 0 Å². The lowest BCUT2D eigenvalue weighted by Gasteiger charge is -2.06. The van der Waals surface area contributed by atoms with Crippen LogP contribution in [-0.2, 0) is 0 Å². The summed E-state index contributed by atoms with van der Waals surface area (Å²) in [6, 6.07) is 7.83. The van der Waals surface area contributed by atoms with Gasteiger partial charge in [-0.1, -0.05) is 19.9 Å². The van der Waals surface area contributed by atoms with E-state index >= 15 is 0 Å². The molecule has 3 heteroatoms. The SMILES string of the molecule is CC(C)c1ccc(-c2ccc(N)nc2)nc1. The van der Waals surface area contributed by atoms with Crippen LogP contribution >= 0.6 is 0 Å². The molecule has 0 saturated carbocycles. The minimum atomic E-state index is 0.506. The molecule has 16 heavy (non-hydrogen) atoms. The first kappa shape index (κ1) is 10.6. The van der Waals surface area contributed by atoms with Crippen molar-refractivity contribution in [3.05, 3.63) is 42.2 Å². The second-order valence-electron chi connectivity index (χ2n) is 4.10. The Morgan fingerprint density at radius 2 is 1.81 bits per heavy atom. The van der Waals surface area contributed by atoms with Gasteiger partial charge < -0.3 is 5.73 Å². The van der Waals surface area contributed by atoms with E-state index in [-0.39, 0.29) is 0 Å². The summed E-state index contributed by atoms with van der Waals surface area (Å²) < 4.78 is 0. The molecule has 0 amide bonds. The maximum atomic E-state index is 5.54. The molecule has 82 valence electrons. The van der Waals surface area contributed by atoms with Crippen molar-refractivity contribution < 1.29 is 0 Å². The van der Waals surface area contributed by atoms with Gasteiger partial charge in [0.25, 0.3) is 0 Å². The summed E-state index contributed by atoms with van der Waals surface area (Å²) in [5.74, 6) is 1.04. The number of aromatic nitrogens is 2. The average Bonchev–Trinajstić information content (AvgIpc) is 2.30. The smallest absolute Gasteiger partial charge is 0.123 e. The number of pyridine rings is 2. The Bertz CT molecular complexity index is 458. The van der Waals surface area contributed by atoms with E-state index in [0.717, 1.165) is 11.3 Å². The topological polar surface area (TPSA) is 51.8 Å². The molecule has 0 bridgehead atoms. The number of hydrogen-bond donors (Lipinski definition) is 1. The summed E-state index contributed by atoms with van der Waals surface area (Å²) in [6.45, 7) is 4.31. The zero-order valence-electron chi connectivity index (χ0n) is 9.51.